The summed E-state index contributed by atoms with van der Waals surface area (Å²) < 4.78 is 15.8. The third kappa shape index (κ3) is 4.28. The molecule has 2 rings (SSSR count). The van der Waals surface area contributed by atoms with Gasteiger partial charge in [-0.2, -0.15) is 0 Å². The fourth-order valence-corrected chi connectivity index (χ4v) is 1.79. The van der Waals surface area contributed by atoms with Gasteiger partial charge in [0.15, 0.2) is 0 Å². The molecule has 0 aromatic heterocycles. The van der Waals surface area contributed by atoms with Crippen molar-refractivity contribution in [3.63, 3.8) is 0 Å². The van der Waals surface area contributed by atoms with Crippen molar-refractivity contribution in [1.29, 1.82) is 0 Å². The van der Waals surface area contributed by atoms with Crippen LogP contribution in [0.1, 0.15) is 11.1 Å². The van der Waals surface area contributed by atoms with E-state index >= 15 is 0 Å². The van der Waals surface area contributed by atoms with Gasteiger partial charge >= 0.3 is 0 Å². The van der Waals surface area contributed by atoms with E-state index in [0.717, 1.165) is 23.5 Å². The fraction of sp³-hybridized carbons (Fsp3) is 0.235. The third-order valence-electron chi connectivity index (χ3n) is 3.00. The second kappa shape index (κ2) is 7.56. The van der Waals surface area contributed by atoms with E-state index in [9.17, 15) is 0 Å². The molecule has 0 atom stereocenters. The summed E-state index contributed by atoms with van der Waals surface area (Å²) in [5, 5.41) is 0. The van der Waals surface area contributed by atoms with Crippen LogP contribution >= 0.6 is 0 Å². The van der Waals surface area contributed by atoms with Gasteiger partial charge in [-0.1, -0.05) is 24.3 Å². The minimum atomic E-state index is 0.570. The molecule has 2 aromatic carbocycles. The van der Waals surface area contributed by atoms with Gasteiger partial charge < -0.3 is 14.2 Å². The first-order chi connectivity index (χ1) is 9.81. The van der Waals surface area contributed by atoms with Crippen LogP contribution in [0.3, 0.4) is 0 Å². The zero-order valence-corrected chi connectivity index (χ0v) is 11.8. The van der Waals surface area contributed by atoms with Crippen molar-refractivity contribution in [3.8, 4) is 11.5 Å². The Kier molecular flexibility index (Phi) is 5.44. The van der Waals surface area contributed by atoms with Crippen molar-refractivity contribution in [1.82, 2.24) is 0 Å². The number of benzene rings is 2. The molecular formula is C17H19O3. The van der Waals surface area contributed by atoms with E-state index in [2.05, 4.69) is 0 Å². The highest BCUT2D eigenvalue weighted by molar-refractivity contribution is 5.28. The Balaban J connectivity index is 1.72. The lowest BCUT2D eigenvalue weighted by Gasteiger charge is -2.06. The first kappa shape index (κ1) is 14.4. The van der Waals surface area contributed by atoms with Gasteiger partial charge in [0.2, 0.25) is 0 Å². The first-order valence-corrected chi connectivity index (χ1v) is 6.51. The maximum atomic E-state index is 5.56. The van der Waals surface area contributed by atoms with Crippen LogP contribution < -0.4 is 9.47 Å². The van der Waals surface area contributed by atoms with Crippen molar-refractivity contribution >= 4 is 0 Å². The normalized spacial score (nSPS) is 10.3. The summed E-state index contributed by atoms with van der Waals surface area (Å²) in [5.74, 6) is 1.73. The van der Waals surface area contributed by atoms with E-state index in [0.29, 0.717) is 6.61 Å². The molecule has 0 aliphatic carbocycles. The van der Waals surface area contributed by atoms with Crippen molar-refractivity contribution in [3.05, 3.63) is 66.3 Å². The molecule has 0 N–H and O–H groups in total. The van der Waals surface area contributed by atoms with Crippen LogP contribution in [0.4, 0.5) is 0 Å². The van der Waals surface area contributed by atoms with Crippen LogP contribution in [-0.2, 0) is 17.8 Å². The maximum Gasteiger partial charge on any atom is 0.118 e. The molecule has 0 saturated heterocycles. The van der Waals surface area contributed by atoms with Gasteiger partial charge in [-0.25, -0.2) is 0 Å². The predicted octanol–water partition coefficient (Wildman–Crippen LogP) is 3.62. The first-order valence-electron chi connectivity index (χ1n) is 6.51. The van der Waals surface area contributed by atoms with Crippen LogP contribution in [0.25, 0.3) is 0 Å². The lowest BCUT2D eigenvalue weighted by molar-refractivity contribution is 0.183. The fourth-order valence-electron chi connectivity index (χ4n) is 1.79. The highest BCUT2D eigenvalue weighted by Crippen LogP contribution is 2.14. The lowest BCUT2D eigenvalue weighted by Crippen LogP contribution is -1.94. The third-order valence-corrected chi connectivity index (χ3v) is 3.00. The number of methoxy groups -OCH3 is 2. The number of hydrogen-bond donors (Lipinski definition) is 0. The molecule has 3 nitrogen and oxygen atoms in total. The Morgan fingerprint density at radius 2 is 1.25 bits per heavy atom. The molecule has 0 amide bonds. The largest absolute Gasteiger partial charge is 0.497 e. The second-order valence-electron chi connectivity index (χ2n) is 4.38. The molecule has 2 aromatic rings. The summed E-state index contributed by atoms with van der Waals surface area (Å²) in [6.07, 6.45) is 0.778. The van der Waals surface area contributed by atoms with E-state index in [4.69, 9.17) is 14.2 Å². The SMILES string of the molecule is COc1ccc(C[CH]OCc2ccc(OC)cc2)cc1. The van der Waals surface area contributed by atoms with Crippen molar-refractivity contribution < 1.29 is 14.2 Å². The van der Waals surface area contributed by atoms with Crippen LogP contribution in [-0.4, -0.2) is 14.2 Å². The molecule has 0 spiro atoms. The van der Waals surface area contributed by atoms with Gasteiger partial charge in [0, 0.05) is 6.42 Å². The minimum absolute atomic E-state index is 0.570. The van der Waals surface area contributed by atoms with Gasteiger partial charge in [0.1, 0.15) is 11.5 Å². The highest BCUT2D eigenvalue weighted by Gasteiger charge is 1.98. The number of rotatable bonds is 7. The quantitative estimate of drug-likeness (QED) is 0.720. The Labute approximate surface area is 120 Å². The van der Waals surface area contributed by atoms with Gasteiger partial charge in [0.05, 0.1) is 27.4 Å². The lowest BCUT2D eigenvalue weighted by atomic mass is 10.1. The summed E-state index contributed by atoms with van der Waals surface area (Å²) in [4.78, 5) is 0. The standard InChI is InChI=1S/C17H19O3/c1-18-16-7-3-14(4-8-16)11-12-20-13-15-5-9-17(19-2)10-6-15/h3-10,12H,11,13H2,1-2H3. The van der Waals surface area contributed by atoms with Crippen molar-refractivity contribution in [2.45, 2.75) is 13.0 Å². The maximum absolute atomic E-state index is 5.56. The van der Waals surface area contributed by atoms with E-state index in [1.807, 2.05) is 55.1 Å². The van der Waals surface area contributed by atoms with Crippen LogP contribution in [0.5, 0.6) is 11.5 Å². The van der Waals surface area contributed by atoms with Gasteiger partial charge in [-0.15, -0.1) is 0 Å². The Bertz CT molecular complexity index is 453. The number of ether oxygens (including phenoxy) is 3. The van der Waals surface area contributed by atoms with E-state index in [1.54, 1.807) is 14.2 Å². The highest BCUT2D eigenvalue weighted by atomic mass is 16.5. The number of hydrogen-bond acceptors (Lipinski definition) is 3. The Morgan fingerprint density at radius 1 is 0.750 bits per heavy atom. The molecule has 0 aliphatic heterocycles. The molecule has 0 bridgehead atoms. The summed E-state index contributed by atoms with van der Waals surface area (Å²) in [5.41, 5.74) is 2.32. The van der Waals surface area contributed by atoms with Crippen LogP contribution in [0.2, 0.25) is 0 Å². The van der Waals surface area contributed by atoms with Gasteiger partial charge in [0.25, 0.3) is 0 Å². The molecule has 0 unspecified atom stereocenters. The molecule has 105 valence electrons. The Hall–Kier alpha value is -2.00. The van der Waals surface area contributed by atoms with Crippen LogP contribution in [0, 0.1) is 6.61 Å². The van der Waals surface area contributed by atoms with E-state index in [-0.39, 0.29) is 0 Å². The molecule has 0 fully saturated rings. The summed E-state index contributed by atoms with van der Waals surface area (Å²) >= 11 is 0. The van der Waals surface area contributed by atoms with E-state index in [1.165, 1.54) is 5.56 Å². The molecule has 0 aliphatic rings. The monoisotopic (exact) mass is 271 g/mol. The average molecular weight is 271 g/mol. The zero-order chi connectivity index (χ0) is 14.2. The minimum Gasteiger partial charge on any atom is -0.497 e. The van der Waals surface area contributed by atoms with Gasteiger partial charge in [-0.05, 0) is 35.4 Å². The van der Waals surface area contributed by atoms with E-state index < -0.39 is 0 Å². The summed E-state index contributed by atoms with van der Waals surface area (Å²) in [7, 11) is 3.33. The topological polar surface area (TPSA) is 27.7 Å². The average Bonchev–Trinajstić information content (AvgIpc) is 2.53. The Morgan fingerprint density at radius 3 is 1.75 bits per heavy atom. The predicted molar refractivity (Wildman–Crippen MR) is 78.8 cm³/mol. The smallest absolute Gasteiger partial charge is 0.118 e. The molecule has 3 heteroatoms. The van der Waals surface area contributed by atoms with Crippen LogP contribution in [0.15, 0.2) is 48.5 Å². The molecule has 0 saturated carbocycles. The molecule has 0 heterocycles. The summed E-state index contributed by atoms with van der Waals surface area (Å²) in [6, 6.07) is 15.8. The zero-order valence-electron chi connectivity index (χ0n) is 11.8. The van der Waals surface area contributed by atoms with Gasteiger partial charge in [-0.3, -0.25) is 0 Å². The summed E-state index contributed by atoms with van der Waals surface area (Å²) in [6.45, 7) is 2.40. The molecular weight excluding hydrogens is 252 g/mol. The molecule has 1 radical (unpaired) electrons. The molecule has 20 heavy (non-hydrogen) atoms. The van der Waals surface area contributed by atoms with Crippen molar-refractivity contribution in [2.75, 3.05) is 14.2 Å². The second-order valence-corrected chi connectivity index (χ2v) is 4.38. The van der Waals surface area contributed by atoms with Crippen molar-refractivity contribution in [2.24, 2.45) is 0 Å².